The first kappa shape index (κ1) is 14.6. The summed E-state index contributed by atoms with van der Waals surface area (Å²) in [6, 6.07) is 0. The second kappa shape index (κ2) is 8.91. The minimum absolute atomic E-state index is 0.237. The maximum Gasteiger partial charge on any atom is 0.307 e. The first-order valence-corrected chi connectivity index (χ1v) is 7.06. The maximum atomic E-state index is 10.5. The summed E-state index contributed by atoms with van der Waals surface area (Å²) in [4.78, 5) is 20.5. The molecular formula is C9H16O4S2. The van der Waals surface area contributed by atoms with Crippen molar-refractivity contribution in [1.82, 2.24) is 0 Å². The molecule has 0 spiro atoms. The van der Waals surface area contributed by atoms with E-state index in [1.807, 2.05) is 6.92 Å². The summed E-state index contributed by atoms with van der Waals surface area (Å²) in [5.41, 5.74) is 0. The normalized spacial score (nSPS) is 14.3. The van der Waals surface area contributed by atoms with Crippen LogP contribution in [0, 0.1) is 5.92 Å². The fourth-order valence-electron chi connectivity index (χ4n) is 0.669. The first-order chi connectivity index (χ1) is 7.11. The van der Waals surface area contributed by atoms with E-state index in [-0.39, 0.29) is 11.2 Å². The molecule has 15 heavy (non-hydrogen) atoms. The Hall–Kier alpha value is -0.360. The molecule has 0 aromatic rings. The van der Waals surface area contributed by atoms with Crippen LogP contribution in [0.25, 0.3) is 0 Å². The summed E-state index contributed by atoms with van der Waals surface area (Å²) in [5.74, 6) is -0.551. The van der Waals surface area contributed by atoms with E-state index in [1.54, 1.807) is 17.7 Å². The van der Waals surface area contributed by atoms with Crippen molar-refractivity contribution in [1.29, 1.82) is 0 Å². The quantitative estimate of drug-likeness (QED) is 0.500. The molecule has 4 nitrogen and oxygen atoms in total. The Bertz CT molecular complexity index is 199. The third-order valence-electron chi connectivity index (χ3n) is 1.75. The highest BCUT2D eigenvalue weighted by Crippen LogP contribution is 2.30. The topological polar surface area (TPSA) is 63.6 Å². The first-order valence-electron chi connectivity index (χ1n) is 4.68. The largest absolute Gasteiger partial charge is 0.481 e. The SMILES string of the molecule is CCC(COC=O)SSC[C@@H](C)C(=O)O. The predicted molar refractivity (Wildman–Crippen MR) is 62.9 cm³/mol. The number of carbonyl (C=O) groups excluding carboxylic acids is 1. The Morgan fingerprint density at radius 1 is 1.60 bits per heavy atom. The van der Waals surface area contributed by atoms with Crippen molar-refractivity contribution in [2.45, 2.75) is 25.5 Å². The number of carboxylic acids is 1. The number of ether oxygens (including phenoxy) is 1. The lowest BCUT2D eigenvalue weighted by molar-refractivity contribution is -0.140. The van der Waals surface area contributed by atoms with Crippen molar-refractivity contribution < 1.29 is 19.4 Å². The minimum Gasteiger partial charge on any atom is -0.481 e. The van der Waals surface area contributed by atoms with Crippen LogP contribution in [-0.2, 0) is 14.3 Å². The van der Waals surface area contributed by atoms with Gasteiger partial charge in [0, 0.05) is 11.0 Å². The number of aliphatic carboxylic acids is 1. The van der Waals surface area contributed by atoms with Crippen LogP contribution in [0.5, 0.6) is 0 Å². The smallest absolute Gasteiger partial charge is 0.307 e. The molecule has 0 bridgehead atoms. The highest BCUT2D eigenvalue weighted by molar-refractivity contribution is 8.76. The van der Waals surface area contributed by atoms with Crippen LogP contribution < -0.4 is 0 Å². The Kier molecular flexibility index (Phi) is 8.70. The minimum atomic E-state index is -0.778. The molecule has 1 N–H and O–H groups in total. The molecule has 6 heteroatoms. The molecule has 88 valence electrons. The van der Waals surface area contributed by atoms with Gasteiger partial charge in [-0.1, -0.05) is 35.4 Å². The molecule has 0 aliphatic carbocycles. The van der Waals surface area contributed by atoms with Crippen molar-refractivity contribution in [2.24, 2.45) is 5.92 Å². The zero-order chi connectivity index (χ0) is 11.7. The Morgan fingerprint density at radius 3 is 2.73 bits per heavy atom. The van der Waals surface area contributed by atoms with Gasteiger partial charge >= 0.3 is 5.97 Å². The molecule has 0 fully saturated rings. The van der Waals surface area contributed by atoms with Gasteiger partial charge in [-0.3, -0.25) is 9.59 Å². The average Bonchev–Trinajstić information content (AvgIpc) is 2.22. The number of carbonyl (C=O) groups is 2. The van der Waals surface area contributed by atoms with E-state index in [0.29, 0.717) is 18.8 Å². The molecular weight excluding hydrogens is 236 g/mol. The Balaban J connectivity index is 3.62. The van der Waals surface area contributed by atoms with Crippen molar-refractivity contribution in [2.75, 3.05) is 12.4 Å². The van der Waals surface area contributed by atoms with Crippen LogP contribution in [-0.4, -0.2) is 35.2 Å². The average molecular weight is 252 g/mol. The standard InChI is InChI=1S/C9H16O4S2/c1-3-8(4-13-6-10)15-14-5-7(2)9(11)12/h6-8H,3-5H2,1-2H3,(H,11,12)/t7-,8?/m1/s1. The fraction of sp³-hybridized carbons (Fsp3) is 0.778. The molecule has 0 amide bonds. The number of carboxylic acid groups (broad SMARTS) is 1. The van der Waals surface area contributed by atoms with Gasteiger partial charge in [0.2, 0.25) is 0 Å². The second-order valence-corrected chi connectivity index (χ2v) is 5.79. The van der Waals surface area contributed by atoms with E-state index in [2.05, 4.69) is 4.74 Å². The highest BCUT2D eigenvalue weighted by atomic mass is 33.1. The van der Waals surface area contributed by atoms with Crippen LogP contribution >= 0.6 is 21.6 Å². The van der Waals surface area contributed by atoms with Gasteiger partial charge < -0.3 is 9.84 Å². The third kappa shape index (κ3) is 7.56. The van der Waals surface area contributed by atoms with E-state index in [1.165, 1.54) is 10.8 Å². The van der Waals surface area contributed by atoms with E-state index in [4.69, 9.17) is 5.11 Å². The van der Waals surface area contributed by atoms with Gasteiger partial charge in [0.05, 0.1) is 5.92 Å². The number of rotatable bonds is 9. The van der Waals surface area contributed by atoms with Gasteiger partial charge in [0.15, 0.2) is 0 Å². The van der Waals surface area contributed by atoms with Crippen molar-refractivity contribution in [3.05, 3.63) is 0 Å². The molecule has 0 aromatic carbocycles. The van der Waals surface area contributed by atoms with E-state index >= 15 is 0 Å². The van der Waals surface area contributed by atoms with Crippen LogP contribution in [0.4, 0.5) is 0 Å². The summed E-state index contributed by atoms with van der Waals surface area (Å²) >= 11 is 0. The second-order valence-electron chi connectivity index (χ2n) is 3.08. The van der Waals surface area contributed by atoms with Gasteiger partial charge in [0.25, 0.3) is 6.47 Å². The van der Waals surface area contributed by atoms with Crippen molar-refractivity contribution in [3.8, 4) is 0 Å². The summed E-state index contributed by atoms with van der Waals surface area (Å²) in [6.07, 6.45) is 0.896. The molecule has 0 rings (SSSR count). The van der Waals surface area contributed by atoms with Crippen LogP contribution in [0.1, 0.15) is 20.3 Å². The lowest BCUT2D eigenvalue weighted by Crippen LogP contribution is -2.13. The maximum absolute atomic E-state index is 10.5. The predicted octanol–water partition coefficient (Wildman–Crippen LogP) is 2.04. The Morgan fingerprint density at radius 2 is 2.27 bits per heavy atom. The van der Waals surface area contributed by atoms with E-state index in [0.717, 1.165) is 6.42 Å². The Labute approximate surface area is 97.5 Å². The molecule has 0 aliphatic heterocycles. The van der Waals surface area contributed by atoms with Crippen LogP contribution in [0.15, 0.2) is 0 Å². The number of hydrogen-bond donors (Lipinski definition) is 1. The molecule has 0 aliphatic rings. The van der Waals surface area contributed by atoms with Crippen molar-refractivity contribution >= 4 is 34.0 Å². The summed E-state index contributed by atoms with van der Waals surface area (Å²) < 4.78 is 4.66. The zero-order valence-electron chi connectivity index (χ0n) is 8.84. The molecule has 0 saturated carbocycles. The van der Waals surface area contributed by atoms with Gasteiger partial charge in [-0.25, -0.2) is 0 Å². The van der Waals surface area contributed by atoms with Gasteiger partial charge in [-0.05, 0) is 6.42 Å². The summed E-state index contributed by atoms with van der Waals surface area (Å²) in [5, 5.41) is 8.89. The highest BCUT2D eigenvalue weighted by Gasteiger charge is 2.13. The molecule has 1 unspecified atom stereocenters. The summed E-state index contributed by atoms with van der Waals surface area (Å²) in [6.45, 7) is 4.51. The third-order valence-corrected chi connectivity index (χ3v) is 4.90. The molecule has 0 aromatic heterocycles. The number of hydrogen-bond acceptors (Lipinski definition) is 5. The molecule has 0 saturated heterocycles. The van der Waals surface area contributed by atoms with E-state index < -0.39 is 5.97 Å². The zero-order valence-corrected chi connectivity index (χ0v) is 10.5. The van der Waals surface area contributed by atoms with E-state index in [9.17, 15) is 9.59 Å². The fourth-order valence-corrected chi connectivity index (χ4v) is 3.56. The molecule has 0 radical (unpaired) electrons. The van der Waals surface area contributed by atoms with Gasteiger partial charge in [0.1, 0.15) is 6.61 Å². The van der Waals surface area contributed by atoms with Crippen LogP contribution in [0.2, 0.25) is 0 Å². The monoisotopic (exact) mass is 252 g/mol. The van der Waals surface area contributed by atoms with Crippen LogP contribution in [0.3, 0.4) is 0 Å². The van der Waals surface area contributed by atoms with Gasteiger partial charge in [-0.15, -0.1) is 0 Å². The van der Waals surface area contributed by atoms with Gasteiger partial charge in [-0.2, -0.15) is 0 Å². The summed E-state index contributed by atoms with van der Waals surface area (Å²) in [7, 11) is 3.09. The molecule has 0 heterocycles. The lowest BCUT2D eigenvalue weighted by atomic mass is 10.2. The molecule has 2 atom stereocenters. The lowest BCUT2D eigenvalue weighted by Gasteiger charge is -2.12. The van der Waals surface area contributed by atoms with Crippen molar-refractivity contribution in [3.63, 3.8) is 0 Å².